The molecule has 1 N–H and O–H groups in total. The number of carbonyl (C=O) groups excluding carboxylic acids is 1. The van der Waals surface area contributed by atoms with Crippen LogP contribution in [0.15, 0.2) is 24.3 Å². The van der Waals surface area contributed by atoms with Gasteiger partial charge < -0.3 is 19.7 Å². The minimum absolute atomic E-state index is 0.0434. The molecular formula is C19H30N2O3. The maximum atomic E-state index is 12.7. The van der Waals surface area contributed by atoms with Crippen LogP contribution >= 0.6 is 0 Å². The number of amides is 1. The van der Waals surface area contributed by atoms with Crippen LogP contribution in [0.4, 0.5) is 5.69 Å². The van der Waals surface area contributed by atoms with Crippen molar-refractivity contribution in [2.75, 3.05) is 39.7 Å². The third-order valence-corrected chi connectivity index (χ3v) is 4.81. The summed E-state index contributed by atoms with van der Waals surface area (Å²) >= 11 is 0. The molecule has 5 nitrogen and oxygen atoms in total. The van der Waals surface area contributed by atoms with Crippen LogP contribution in [0.2, 0.25) is 0 Å². The van der Waals surface area contributed by atoms with E-state index in [2.05, 4.69) is 17.1 Å². The number of benzene rings is 1. The quantitative estimate of drug-likeness (QED) is 0.832. The van der Waals surface area contributed by atoms with Crippen molar-refractivity contribution in [1.29, 1.82) is 0 Å². The summed E-state index contributed by atoms with van der Waals surface area (Å²) < 4.78 is 11.3. The normalized spacial score (nSPS) is 24.0. The van der Waals surface area contributed by atoms with E-state index in [1.165, 1.54) is 0 Å². The zero-order chi connectivity index (χ0) is 17.6. The van der Waals surface area contributed by atoms with E-state index in [1.807, 2.05) is 38.4 Å². The molecule has 0 heterocycles. The van der Waals surface area contributed by atoms with Crippen LogP contribution < -0.4 is 10.1 Å². The molecule has 24 heavy (non-hydrogen) atoms. The van der Waals surface area contributed by atoms with Gasteiger partial charge in [-0.05, 0) is 70.0 Å². The van der Waals surface area contributed by atoms with E-state index in [4.69, 9.17) is 9.47 Å². The monoisotopic (exact) mass is 334 g/mol. The van der Waals surface area contributed by atoms with Gasteiger partial charge in [0.25, 0.3) is 5.91 Å². The molecule has 0 spiro atoms. The lowest BCUT2D eigenvalue weighted by molar-refractivity contribution is -0.142. The molecule has 1 fully saturated rings. The third-order valence-electron chi connectivity index (χ3n) is 4.81. The highest BCUT2D eigenvalue weighted by Gasteiger charge is 2.41. The molecule has 0 atom stereocenters. The van der Waals surface area contributed by atoms with Gasteiger partial charge in [0.2, 0.25) is 0 Å². The first-order chi connectivity index (χ1) is 11.4. The number of likely N-dealkylation sites (N-methyl/N-ethyl adjacent to an activating group) is 1. The van der Waals surface area contributed by atoms with Crippen molar-refractivity contribution in [1.82, 2.24) is 4.90 Å². The zero-order valence-electron chi connectivity index (χ0n) is 15.3. The number of hydrogen-bond acceptors (Lipinski definition) is 4. The Hall–Kier alpha value is -1.59. The molecular weight excluding hydrogens is 304 g/mol. The van der Waals surface area contributed by atoms with E-state index in [0.717, 1.165) is 43.7 Å². The van der Waals surface area contributed by atoms with Crippen LogP contribution in [0.5, 0.6) is 5.75 Å². The van der Waals surface area contributed by atoms with Crippen molar-refractivity contribution in [3.63, 3.8) is 0 Å². The number of anilines is 1. The molecule has 1 aliphatic carbocycles. The predicted molar refractivity (Wildman–Crippen MR) is 96.5 cm³/mol. The minimum Gasteiger partial charge on any atom is -0.492 e. The molecule has 1 amide bonds. The second-order valence-corrected chi connectivity index (χ2v) is 7.01. The molecule has 5 heteroatoms. The first-order valence-corrected chi connectivity index (χ1v) is 8.69. The van der Waals surface area contributed by atoms with Crippen LogP contribution in [-0.2, 0) is 9.53 Å². The highest BCUT2D eigenvalue weighted by Crippen LogP contribution is 2.35. The fourth-order valence-electron chi connectivity index (χ4n) is 2.98. The molecule has 1 saturated carbocycles. The van der Waals surface area contributed by atoms with E-state index in [0.29, 0.717) is 12.5 Å². The standard InChI is InChI=1S/C19H30N2O3/c1-15-9-11-19(23-4,12-10-15)18(22)20-16-5-7-17(8-6-16)24-14-13-21(2)3/h5-8,15H,9-14H2,1-4H3,(H,20,22). The number of carbonyl (C=O) groups is 1. The van der Waals surface area contributed by atoms with Crippen LogP contribution in [-0.4, -0.2) is 50.8 Å². The lowest BCUT2D eigenvalue weighted by Crippen LogP contribution is -2.47. The van der Waals surface area contributed by atoms with Crippen LogP contribution in [0.25, 0.3) is 0 Å². The van der Waals surface area contributed by atoms with Crippen molar-refractivity contribution in [3.05, 3.63) is 24.3 Å². The predicted octanol–water partition coefficient (Wildman–Crippen LogP) is 3.16. The van der Waals surface area contributed by atoms with Gasteiger partial charge in [-0.3, -0.25) is 4.79 Å². The van der Waals surface area contributed by atoms with Crippen LogP contribution in [0.1, 0.15) is 32.6 Å². The third kappa shape index (κ3) is 4.95. The van der Waals surface area contributed by atoms with E-state index in [-0.39, 0.29) is 5.91 Å². The Morgan fingerprint density at radius 3 is 2.42 bits per heavy atom. The lowest BCUT2D eigenvalue weighted by atomic mass is 9.79. The highest BCUT2D eigenvalue weighted by molar-refractivity contribution is 5.97. The van der Waals surface area contributed by atoms with Crippen LogP contribution in [0.3, 0.4) is 0 Å². The summed E-state index contributed by atoms with van der Waals surface area (Å²) in [5, 5.41) is 2.99. The minimum atomic E-state index is -0.687. The molecule has 2 rings (SSSR count). The van der Waals surface area contributed by atoms with E-state index < -0.39 is 5.60 Å². The summed E-state index contributed by atoms with van der Waals surface area (Å²) in [6.45, 7) is 3.74. The van der Waals surface area contributed by atoms with Crippen molar-refractivity contribution in [3.8, 4) is 5.75 Å². The first-order valence-electron chi connectivity index (χ1n) is 8.69. The smallest absolute Gasteiger partial charge is 0.256 e. The SMILES string of the molecule is COC1(C(=O)Nc2ccc(OCCN(C)C)cc2)CCC(C)CC1. The van der Waals surface area contributed by atoms with Gasteiger partial charge in [0, 0.05) is 19.3 Å². The molecule has 0 bridgehead atoms. The molecule has 0 aliphatic heterocycles. The molecule has 1 aromatic rings. The van der Waals surface area contributed by atoms with E-state index in [1.54, 1.807) is 7.11 Å². The van der Waals surface area contributed by atoms with Crippen molar-refractivity contribution < 1.29 is 14.3 Å². The number of nitrogens with one attached hydrogen (secondary N) is 1. The molecule has 1 aromatic carbocycles. The number of methoxy groups -OCH3 is 1. The molecule has 0 radical (unpaired) electrons. The van der Waals surface area contributed by atoms with Gasteiger partial charge in [0.05, 0.1) is 0 Å². The molecule has 134 valence electrons. The Bertz CT molecular complexity index is 520. The van der Waals surface area contributed by atoms with Gasteiger partial charge in [0.1, 0.15) is 18.0 Å². The molecule has 0 saturated heterocycles. The summed E-state index contributed by atoms with van der Waals surface area (Å²) in [6.07, 6.45) is 3.62. The maximum absolute atomic E-state index is 12.7. The fraction of sp³-hybridized carbons (Fsp3) is 0.632. The van der Waals surface area contributed by atoms with Crippen molar-refractivity contribution in [2.45, 2.75) is 38.2 Å². The largest absolute Gasteiger partial charge is 0.492 e. The fourth-order valence-corrected chi connectivity index (χ4v) is 2.98. The number of ether oxygens (including phenoxy) is 2. The van der Waals surface area contributed by atoms with Gasteiger partial charge in [-0.25, -0.2) is 0 Å². The van der Waals surface area contributed by atoms with Crippen molar-refractivity contribution >= 4 is 11.6 Å². The molecule has 0 aromatic heterocycles. The molecule has 0 unspecified atom stereocenters. The number of rotatable bonds is 7. The Morgan fingerprint density at radius 2 is 1.88 bits per heavy atom. The number of hydrogen-bond donors (Lipinski definition) is 1. The van der Waals surface area contributed by atoms with Gasteiger partial charge in [-0.15, -0.1) is 0 Å². The summed E-state index contributed by atoms with van der Waals surface area (Å²) in [4.78, 5) is 14.8. The summed E-state index contributed by atoms with van der Waals surface area (Å²) in [6, 6.07) is 7.51. The van der Waals surface area contributed by atoms with Gasteiger partial charge in [0.15, 0.2) is 0 Å². The van der Waals surface area contributed by atoms with Gasteiger partial charge >= 0.3 is 0 Å². The summed E-state index contributed by atoms with van der Waals surface area (Å²) in [5.74, 6) is 1.43. The van der Waals surface area contributed by atoms with E-state index >= 15 is 0 Å². The first kappa shape index (κ1) is 18.7. The van der Waals surface area contributed by atoms with E-state index in [9.17, 15) is 4.79 Å². The second kappa shape index (κ2) is 8.49. The van der Waals surface area contributed by atoms with Gasteiger partial charge in [-0.2, -0.15) is 0 Å². The zero-order valence-corrected chi connectivity index (χ0v) is 15.3. The Labute approximate surface area is 145 Å². The van der Waals surface area contributed by atoms with Gasteiger partial charge in [-0.1, -0.05) is 6.92 Å². The molecule has 1 aliphatic rings. The van der Waals surface area contributed by atoms with Crippen molar-refractivity contribution in [2.24, 2.45) is 5.92 Å². The Balaban J connectivity index is 1.91. The maximum Gasteiger partial charge on any atom is 0.256 e. The highest BCUT2D eigenvalue weighted by atomic mass is 16.5. The average Bonchev–Trinajstić information content (AvgIpc) is 2.57. The Kier molecular flexibility index (Phi) is 6.63. The number of nitrogens with zero attached hydrogens (tertiary/aromatic N) is 1. The summed E-state index contributed by atoms with van der Waals surface area (Å²) in [7, 11) is 5.66. The Morgan fingerprint density at radius 1 is 1.25 bits per heavy atom. The van der Waals surface area contributed by atoms with Crippen LogP contribution in [0, 0.1) is 5.92 Å². The lowest BCUT2D eigenvalue weighted by Gasteiger charge is -2.36. The average molecular weight is 334 g/mol. The topological polar surface area (TPSA) is 50.8 Å². The second-order valence-electron chi connectivity index (χ2n) is 7.01. The summed E-state index contributed by atoms with van der Waals surface area (Å²) in [5.41, 5.74) is 0.0860.